The number of rotatable bonds is 4. The summed E-state index contributed by atoms with van der Waals surface area (Å²) in [6.07, 6.45) is 4.98. The highest BCUT2D eigenvalue weighted by molar-refractivity contribution is 5.94. The molecule has 0 aliphatic carbocycles. The lowest BCUT2D eigenvalue weighted by atomic mass is 10.1. The van der Waals surface area contributed by atoms with Crippen LogP contribution in [0.2, 0.25) is 0 Å². The topological polar surface area (TPSA) is 34.9 Å². The maximum Gasteiger partial charge on any atom is 0.158 e. The van der Waals surface area contributed by atoms with Gasteiger partial charge < -0.3 is 0 Å². The maximum atomic E-state index is 11.2. The monoisotopic (exact) mass is 178 g/mol. The molecule has 1 aromatic heterocycles. The van der Waals surface area contributed by atoms with E-state index in [1.165, 1.54) is 0 Å². The average Bonchev–Trinajstić information content (AvgIpc) is 2.47. The van der Waals surface area contributed by atoms with Crippen molar-refractivity contribution in [1.29, 1.82) is 0 Å². The molecule has 0 saturated carbocycles. The predicted molar refractivity (Wildman–Crippen MR) is 51.4 cm³/mol. The van der Waals surface area contributed by atoms with Gasteiger partial charge in [-0.3, -0.25) is 9.48 Å². The molecule has 0 spiro atoms. The zero-order chi connectivity index (χ0) is 9.84. The molecular formula is C10H14N2O. The average molecular weight is 178 g/mol. The Kier molecular flexibility index (Phi) is 3.01. The maximum absolute atomic E-state index is 11.2. The number of nitrogens with zero attached hydrogens (tertiary/aromatic N) is 2. The number of allylic oxidation sites excluding steroid dienone is 1. The number of hydrogen-bond donors (Lipinski definition) is 0. The molecule has 1 heterocycles. The Labute approximate surface area is 78.1 Å². The molecule has 0 amide bonds. The van der Waals surface area contributed by atoms with Crippen molar-refractivity contribution in [3.05, 3.63) is 30.1 Å². The van der Waals surface area contributed by atoms with Crippen molar-refractivity contribution >= 4 is 5.78 Å². The number of carbonyl (C=O) groups is 1. The zero-order valence-corrected chi connectivity index (χ0v) is 8.08. The molecule has 13 heavy (non-hydrogen) atoms. The molecule has 0 radical (unpaired) electrons. The Morgan fingerprint density at radius 3 is 2.85 bits per heavy atom. The molecule has 0 aliphatic heterocycles. The summed E-state index contributed by atoms with van der Waals surface area (Å²) in [6, 6.07) is 0. The normalized spacial score (nSPS) is 10.0. The zero-order valence-electron chi connectivity index (χ0n) is 8.08. The third-order valence-corrected chi connectivity index (χ3v) is 1.88. The minimum atomic E-state index is 0.129. The standard InChI is InChI=1S/C10H14N2O/c1-8(2)10(13)5-4-9-6-11-12(3)7-9/h6-7H,1,4-5H2,2-3H3. The van der Waals surface area contributed by atoms with Gasteiger partial charge in [0, 0.05) is 19.7 Å². The Morgan fingerprint density at radius 1 is 1.69 bits per heavy atom. The highest BCUT2D eigenvalue weighted by Gasteiger charge is 2.03. The lowest BCUT2D eigenvalue weighted by molar-refractivity contribution is -0.115. The molecular weight excluding hydrogens is 164 g/mol. The van der Waals surface area contributed by atoms with Crippen molar-refractivity contribution < 1.29 is 4.79 Å². The van der Waals surface area contributed by atoms with Gasteiger partial charge in [-0.25, -0.2) is 0 Å². The molecule has 0 atom stereocenters. The first-order valence-electron chi connectivity index (χ1n) is 4.26. The van der Waals surface area contributed by atoms with Crippen LogP contribution < -0.4 is 0 Å². The van der Waals surface area contributed by atoms with Crippen LogP contribution in [0.1, 0.15) is 18.9 Å². The van der Waals surface area contributed by atoms with Crippen LogP contribution in [0.25, 0.3) is 0 Å². The van der Waals surface area contributed by atoms with Gasteiger partial charge in [-0.05, 0) is 24.5 Å². The summed E-state index contributed by atoms with van der Waals surface area (Å²) in [6.45, 7) is 5.34. The molecule has 1 rings (SSSR count). The smallest absolute Gasteiger partial charge is 0.158 e. The Hall–Kier alpha value is -1.38. The van der Waals surface area contributed by atoms with Crippen LogP contribution in [0.5, 0.6) is 0 Å². The lowest BCUT2D eigenvalue weighted by Gasteiger charge is -1.96. The van der Waals surface area contributed by atoms with E-state index >= 15 is 0 Å². The van der Waals surface area contributed by atoms with Gasteiger partial charge >= 0.3 is 0 Å². The first kappa shape index (κ1) is 9.71. The predicted octanol–water partition coefficient (Wildman–Crippen LogP) is 1.50. The van der Waals surface area contributed by atoms with Crippen LogP contribution in [0.3, 0.4) is 0 Å². The van der Waals surface area contributed by atoms with Gasteiger partial charge in [-0.1, -0.05) is 6.58 Å². The van der Waals surface area contributed by atoms with E-state index < -0.39 is 0 Å². The lowest BCUT2D eigenvalue weighted by Crippen LogP contribution is -1.99. The van der Waals surface area contributed by atoms with Gasteiger partial charge in [-0.2, -0.15) is 5.10 Å². The Bertz CT molecular complexity index is 325. The molecule has 0 aliphatic rings. The van der Waals surface area contributed by atoms with E-state index in [4.69, 9.17) is 0 Å². The van der Waals surface area contributed by atoms with E-state index in [2.05, 4.69) is 11.7 Å². The van der Waals surface area contributed by atoms with Crippen molar-refractivity contribution in [3.8, 4) is 0 Å². The second-order valence-electron chi connectivity index (χ2n) is 3.23. The van der Waals surface area contributed by atoms with Gasteiger partial charge in [0.15, 0.2) is 5.78 Å². The van der Waals surface area contributed by atoms with Gasteiger partial charge in [-0.15, -0.1) is 0 Å². The fourth-order valence-corrected chi connectivity index (χ4v) is 1.07. The summed E-state index contributed by atoms with van der Waals surface area (Å²) < 4.78 is 1.74. The van der Waals surface area contributed by atoms with Crippen LogP contribution in [-0.4, -0.2) is 15.6 Å². The minimum Gasteiger partial charge on any atom is -0.295 e. The molecule has 0 aromatic carbocycles. The minimum absolute atomic E-state index is 0.129. The number of aromatic nitrogens is 2. The Morgan fingerprint density at radius 2 is 2.38 bits per heavy atom. The van der Waals surface area contributed by atoms with E-state index in [1.54, 1.807) is 17.8 Å². The SMILES string of the molecule is C=C(C)C(=O)CCc1cnn(C)c1. The van der Waals surface area contributed by atoms with Crippen LogP contribution in [0.15, 0.2) is 24.5 Å². The van der Waals surface area contributed by atoms with Crippen LogP contribution >= 0.6 is 0 Å². The summed E-state index contributed by atoms with van der Waals surface area (Å²) in [7, 11) is 1.87. The molecule has 70 valence electrons. The second-order valence-corrected chi connectivity index (χ2v) is 3.23. The molecule has 0 N–H and O–H groups in total. The number of ketones is 1. The second kappa shape index (κ2) is 4.03. The molecule has 0 unspecified atom stereocenters. The number of hydrogen-bond acceptors (Lipinski definition) is 2. The van der Waals surface area contributed by atoms with E-state index in [1.807, 2.05) is 13.2 Å². The van der Waals surface area contributed by atoms with E-state index in [-0.39, 0.29) is 5.78 Å². The summed E-state index contributed by atoms with van der Waals surface area (Å²) in [5.41, 5.74) is 1.72. The highest BCUT2D eigenvalue weighted by atomic mass is 16.1. The van der Waals surface area contributed by atoms with E-state index in [9.17, 15) is 4.79 Å². The number of Topliss-reactive ketones (excluding diaryl/α,β-unsaturated/α-hetero) is 1. The molecule has 0 bridgehead atoms. The molecule has 3 heteroatoms. The molecule has 1 aromatic rings. The molecule has 0 saturated heterocycles. The van der Waals surface area contributed by atoms with Crippen LogP contribution in [-0.2, 0) is 18.3 Å². The van der Waals surface area contributed by atoms with Crippen molar-refractivity contribution in [3.63, 3.8) is 0 Å². The highest BCUT2D eigenvalue weighted by Crippen LogP contribution is 2.04. The first-order chi connectivity index (χ1) is 6.09. The number of aryl methyl sites for hydroxylation is 2. The van der Waals surface area contributed by atoms with Crippen LogP contribution in [0.4, 0.5) is 0 Å². The van der Waals surface area contributed by atoms with Crippen molar-refractivity contribution in [1.82, 2.24) is 9.78 Å². The van der Waals surface area contributed by atoms with Gasteiger partial charge in [0.1, 0.15) is 0 Å². The van der Waals surface area contributed by atoms with Crippen LogP contribution in [0, 0.1) is 0 Å². The van der Waals surface area contributed by atoms with Crippen molar-refractivity contribution in [2.45, 2.75) is 19.8 Å². The molecule has 3 nitrogen and oxygen atoms in total. The number of carbonyl (C=O) groups excluding carboxylic acids is 1. The quantitative estimate of drug-likeness (QED) is 0.655. The van der Waals surface area contributed by atoms with Gasteiger partial charge in [0.05, 0.1) is 6.20 Å². The first-order valence-corrected chi connectivity index (χ1v) is 4.26. The summed E-state index contributed by atoms with van der Waals surface area (Å²) in [5, 5.41) is 4.02. The summed E-state index contributed by atoms with van der Waals surface area (Å²) in [5.74, 6) is 0.129. The Balaban J connectivity index is 2.44. The summed E-state index contributed by atoms with van der Waals surface area (Å²) >= 11 is 0. The third kappa shape index (κ3) is 2.86. The van der Waals surface area contributed by atoms with Gasteiger partial charge in [0.25, 0.3) is 0 Å². The van der Waals surface area contributed by atoms with Gasteiger partial charge in [0.2, 0.25) is 0 Å². The van der Waals surface area contributed by atoms with E-state index in [0.717, 1.165) is 12.0 Å². The fraction of sp³-hybridized carbons (Fsp3) is 0.400. The molecule has 0 fully saturated rings. The van der Waals surface area contributed by atoms with Crippen molar-refractivity contribution in [2.24, 2.45) is 7.05 Å². The largest absolute Gasteiger partial charge is 0.295 e. The summed E-state index contributed by atoms with van der Waals surface area (Å²) in [4.78, 5) is 11.2. The third-order valence-electron chi connectivity index (χ3n) is 1.88. The fourth-order valence-electron chi connectivity index (χ4n) is 1.07. The van der Waals surface area contributed by atoms with E-state index in [0.29, 0.717) is 12.0 Å². The van der Waals surface area contributed by atoms with Crippen molar-refractivity contribution in [2.75, 3.05) is 0 Å².